The van der Waals surface area contributed by atoms with E-state index in [9.17, 15) is 21.6 Å². The van der Waals surface area contributed by atoms with Crippen LogP contribution in [0.15, 0.2) is 29.6 Å². The average molecular weight is 349 g/mol. The molecule has 0 saturated heterocycles. The fourth-order valence-corrected chi connectivity index (χ4v) is 2.58. The van der Waals surface area contributed by atoms with Gasteiger partial charge in [-0.3, -0.25) is 0 Å². The highest BCUT2D eigenvalue weighted by Crippen LogP contribution is 2.30. The van der Waals surface area contributed by atoms with Gasteiger partial charge in [-0.25, -0.2) is 23.5 Å². The summed E-state index contributed by atoms with van der Waals surface area (Å²) in [5, 5.41) is 7.67. The summed E-state index contributed by atoms with van der Waals surface area (Å²) < 4.78 is 61.3. The first-order valence-corrected chi connectivity index (χ1v) is 7.97. The van der Waals surface area contributed by atoms with Crippen LogP contribution in [0.1, 0.15) is 18.3 Å². The molecule has 0 aromatic carbocycles. The molecule has 0 spiro atoms. The number of alkyl halides is 3. The number of hydrogen-bond acceptors (Lipinski definition) is 5. The number of nitrogens with zero attached hydrogens (tertiary/aromatic N) is 2. The third kappa shape index (κ3) is 4.42. The molecule has 0 aliphatic rings. The van der Waals surface area contributed by atoms with Gasteiger partial charge in [0.15, 0.2) is 0 Å². The minimum Gasteiger partial charge on any atom is -0.366 e. The predicted octanol–water partition coefficient (Wildman–Crippen LogP) is 1.51. The summed E-state index contributed by atoms with van der Waals surface area (Å²) in [5.41, 5.74) is -0.477. The Balaban J connectivity index is 2.33. The summed E-state index contributed by atoms with van der Waals surface area (Å²) in [6, 6.07) is 0.952. The molecule has 2 heterocycles. The number of pyridine rings is 1. The molecule has 23 heavy (non-hydrogen) atoms. The number of nitrogens with one attached hydrogen (secondary N) is 2. The highest BCUT2D eigenvalue weighted by atomic mass is 32.2. The first-order chi connectivity index (χ1) is 10.6. The molecule has 0 aliphatic carbocycles. The maximum Gasteiger partial charge on any atom is 0.433 e. The van der Waals surface area contributed by atoms with Crippen LogP contribution in [0.4, 0.5) is 19.0 Å². The first-order valence-electron chi connectivity index (χ1n) is 6.42. The molecular formula is C12H14F3N5O2S. The molecule has 2 aromatic heterocycles. The fraction of sp³-hybridized carbons (Fsp3) is 0.333. The number of imidazole rings is 1. The van der Waals surface area contributed by atoms with Crippen LogP contribution in [0, 0.1) is 0 Å². The normalized spacial score (nSPS) is 13.8. The second-order valence-corrected chi connectivity index (χ2v) is 6.44. The van der Waals surface area contributed by atoms with Crippen LogP contribution in [0.5, 0.6) is 0 Å². The number of sulfonamides is 1. The quantitative estimate of drug-likeness (QED) is 0.757. The number of aromatic nitrogens is 3. The van der Waals surface area contributed by atoms with Gasteiger partial charge in [0.25, 0.3) is 0 Å². The lowest BCUT2D eigenvalue weighted by Crippen LogP contribution is -2.24. The van der Waals surface area contributed by atoms with Gasteiger partial charge in [0.2, 0.25) is 10.0 Å². The summed E-state index contributed by atoms with van der Waals surface area (Å²) in [6.07, 6.45) is -1.30. The Labute approximate surface area is 130 Å². The second kappa shape index (κ2) is 6.16. The van der Waals surface area contributed by atoms with Crippen LogP contribution < -0.4 is 10.5 Å². The molecule has 4 N–H and O–H groups in total. The van der Waals surface area contributed by atoms with E-state index in [0.29, 0.717) is 12.5 Å². The molecule has 7 nitrogen and oxygen atoms in total. The Bertz CT molecular complexity index is 774. The molecule has 126 valence electrons. The van der Waals surface area contributed by atoms with Crippen molar-refractivity contribution in [1.82, 2.24) is 15.0 Å². The van der Waals surface area contributed by atoms with E-state index in [0.717, 1.165) is 11.8 Å². The van der Waals surface area contributed by atoms with E-state index >= 15 is 0 Å². The number of hydrogen-bond donors (Lipinski definition) is 3. The number of halogens is 3. The van der Waals surface area contributed by atoms with Gasteiger partial charge in [0, 0.05) is 24.4 Å². The topological polar surface area (TPSA) is 114 Å². The maximum absolute atomic E-state index is 12.8. The van der Waals surface area contributed by atoms with Gasteiger partial charge in [-0.2, -0.15) is 13.2 Å². The molecule has 0 saturated carbocycles. The van der Waals surface area contributed by atoms with Gasteiger partial charge in [0.05, 0.1) is 6.33 Å². The lowest BCUT2D eigenvalue weighted by molar-refractivity contribution is -0.141. The van der Waals surface area contributed by atoms with Crippen LogP contribution >= 0.6 is 0 Å². The largest absolute Gasteiger partial charge is 0.433 e. The number of aromatic amines is 1. The zero-order valence-electron chi connectivity index (χ0n) is 11.9. The predicted molar refractivity (Wildman–Crippen MR) is 76.0 cm³/mol. The SMILES string of the molecule is CC(Cc1cnc[nH]1)Nc1nc(C(F)(F)F)ccc1S(N)(=O)=O. The van der Waals surface area contributed by atoms with Crippen LogP contribution in [-0.2, 0) is 22.6 Å². The molecule has 0 fully saturated rings. The second-order valence-electron chi connectivity index (χ2n) is 4.91. The number of rotatable bonds is 5. The molecule has 0 amide bonds. The van der Waals surface area contributed by atoms with Crippen LogP contribution in [0.3, 0.4) is 0 Å². The molecule has 11 heteroatoms. The molecule has 0 bridgehead atoms. The standard InChI is InChI=1S/C12H14F3N5O2S/c1-7(4-8-5-17-6-18-8)19-11-9(23(16,21)22)2-3-10(20-11)12(13,14)15/h2-3,5-7H,4H2,1H3,(H,17,18)(H,19,20)(H2,16,21,22). The fourth-order valence-electron chi connectivity index (χ4n) is 1.95. The van der Waals surface area contributed by atoms with Crippen LogP contribution in [-0.4, -0.2) is 29.4 Å². The van der Waals surface area contributed by atoms with Crippen LogP contribution in [0.2, 0.25) is 0 Å². The van der Waals surface area contributed by atoms with E-state index in [1.165, 1.54) is 6.33 Å². The van der Waals surface area contributed by atoms with Crippen molar-refractivity contribution in [2.24, 2.45) is 5.14 Å². The van der Waals surface area contributed by atoms with E-state index in [-0.39, 0.29) is 0 Å². The van der Waals surface area contributed by atoms with Crippen molar-refractivity contribution in [3.63, 3.8) is 0 Å². The monoisotopic (exact) mass is 349 g/mol. The van der Waals surface area contributed by atoms with E-state index in [4.69, 9.17) is 5.14 Å². The lowest BCUT2D eigenvalue weighted by Gasteiger charge is -2.17. The van der Waals surface area contributed by atoms with Crippen molar-refractivity contribution in [2.45, 2.75) is 30.5 Å². The lowest BCUT2D eigenvalue weighted by atomic mass is 10.2. The molecule has 0 radical (unpaired) electrons. The van der Waals surface area contributed by atoms with Crippen molar-refractivity contribution < 1.29 is 21.6 Å². The van der Waals surface area contributed by atoms with E-state index in [1.807, 2.05) is 0 Å². The van der Waals surface area contributed by atoms with E-state index in [2.05, 4.69) is 20.3 Å². The van der Waals surface area contributed by atoms with Crippen molar-refractivity contribution in [3.05, 3.63) is 36.0 Å². The van der Waals surface area contributed by atoms with Gasteiger partial charge < -0.3 is 10.3 Å². The summed E-state index contributed by atoms with van der Waals surface area (Å²) in [7, 11) is -4.22. The van der Waals surface area contributed by atoms with E-state index in [1.54, 1.807) is 13.1 Å². The molecule has 1 unspecified atom stereocenters. The van der Waals surface area contributed by atoms with Gasteiger partial charge in [0.1, 0.15) is 16.4 Å². The number of primary sulfonamides is 1. The highest BCUT2D eigenvalue weighted by Gasteiger charge is 2.34. The molecule has 2 aromatic rings. The van der Waals surface area contributed by atoms with Crippen LogP contribution in [0.25, 0.3) is 0 Å². The first kappa shape index (κ1) is 17.2. The third-order valence-electron chi connectivity index (χ3n) is 2.92. The van der Waals surface area contributed by atoms with Gasteiger partial charge in [-0.1, -0.05) is 0 Å². The molecular weight excluding hydrogens is 335 g/mol. The van der Waals surface area contributed by atoms with Crippen molar-refractivity contribution in [2.75, 3.05) is 5.32 Å². The Hall–Kier alpha value is -2.14. The smallest absolute Gasteiger partial charge is 0.366 e. The van der Waals surface area contributed by atoms with Crippen molar-refractivity contribution >= 4 is 15.8 Å². The van der Waals surface area contributed by atoms with Gasteiger partial charge in [-0.15, -0.1) is 0 Å². The maximum atomic E-state index is 12.8. The third-order valence-corrected chi connectivity index (χ3v) is 3.86. The Morgan fingerprint density at radius 2 is 2.09 bits per heavy atom. The summed E-state index contributed by atoms with van der Waals surface area (Å²) in [5.74, 6) is -0.436. The van der Waals surface area contributed by atoms with Gasteiger partial charge in [-0.05, 0) is 19.1 Å². The molecule has 0 aliphatic heterocycles. The number of nitrogens with two attached hydrogens (primary N) is 1. The molecule has 1 atom stereocenters. The number of anilines is 1. The highest BCUT2D eigenvalue weighted by molar-refractivity contribution is 7.89. The minimum absolute atomic E-state index is 0.377. The zero-order chi connectivity index (χ0) is 17.3. The summed E-state index contributed by atoms with van der Waals surface area (Å²) in [6.45, 7) is 1.66. The van der Waals surface area contributed by atoms with Crippen molar-refractivity contribution in [3.8, 4) is 0 Å². The Morgan fingerprint density at radius 1 is 1.39 bits per heavy atom. The zero-order valence-corrected chi connectivity index (χ0v) is 12.7. The Morgan fingerprint density at radius 3 is 2.61 bits per heavy atom. The Kier molecular flexibility index (Phi) is 4.61. The minimum atomic E-state index is -4.69. The van der Waals surface area contributed by atoms with Gasteiger partial charge >= 0.3 is 6.18 Å². The summed E-state index contributed by atoms with van der Waals surface area (Å²) >= 11 is 0. The van der Waals surface area contributed by atoms with Crippen molar-refractivity contribution in [1.29, 1.82) is 0 Å². The average Bonchev–Trinajstić information content (AvgIpc) is 2.88. The molecule has 2 rings (SSSR count). The summed E-state index contributed by atoms with van der Waals surface area (Å²) in [4.78, 5) is 9.52. The number of H-pyrrole nitrogens is 1. The van der Waals surface area contributed by atoms with E-state index < -0.39 is 38.6 Å².